The quantitative estimate of drug-likeness (QED) is 0.865. The minimum absolute atomic E-state index is 0.0672. The van der Waals surface area contributed by atoms with Crippen LogP contribution in [-0.2, 0) is 14.8 Å². The molecule has 1 amide bonds. The van der Waals surface area contributed by atoms with E-state index < -0.39 is 10.0 Å². The number of nitrogens with one attached hydrogen (secondary N) is 1. The van der Waals surface area contributed by atoms with Crippen molar-refractivity contribution in [2.45, 2.75) is 57.3 Å². The maximum absolute atomic E-state index is 12.7. The van der Waals surface area contributed by atoms with Crippen LogP contribution in [0.4, 0.5) is 5.69 Å². The van der Waals surface area contributed by atoms with Gasteiger partial charge in [0, 0.05) is 25.2 Å². The highest BCUT2D eigenvalue weighted by Crippen LogP contribution is 2.25. The molecule has 0 radical (unpaired) electrons. The van der Waals surface area contributed by atoms with Gasteiger partial charge in [-0.3, -0.25) is 4.79 Å². The monoisotopic (exact) mass is 338 g/mol. The van der Waals surface area contributed by atoms with Gasteiger partial charge in [0.15, 0.2) is 0 Å². The Morgan fingerprint density at radius 3 is 2.57 bits per heavy atom. The van der Waals surface area contributed by atoms with Gasteiger partial charge in [0.2, 0.25) is 15.9 Å². The van der Waals surface area contributed by atoms with Crippen LogP contribution in [0.25, 0.3) is 0 Å². The Balaban J connectivity index is 2.20. The van der Waals surface area contributed by atoms with Gasteiger partial charge in [0.05, 0.1) is 4.90 Å². The van der Waals surface area contributed by atoms with Crippen LogP contribution < -0.4 is 5.32 Å². The molecule has 23 heavy (non-hydrogen) atoms. The summed E-state index contributed by atoms with van der Waals surface area (Å²) in [6, 6.07) is 4.97. The molecule has 0 atom stereocenters. The van der Waals surface area contributed by atoms with Crippen LogP contribution in [0.3, 0.4) is 0 Å². The Kier molecular flexibility index (Phi) is 6.18. The first kappa shape index (κ1) is 17.9. The number of unbranched alkanes of at least 4 members (excludes halogenated alkanes) is 1. The second-order valence-electron chi connectivity index (χ2n) is 6.09. The number of hydrogen-bond donors (Lipinski definition) is 1. The number of aryl methyl sites for hydroxylation is 1. The van der Waals surface area contributed by atoms with Gasteiger partial charge >= 0.3 is 0 Å². The van der Waals surface area contributed by atoms with E-state index in [0.29, 0.717) is 25.2 Å². The smallest absolute Gasteiger partial charge is 0.243 e. The van der Waals surface area contributed by atoms with Crippen molar-refractivity contribution < 1.29 is 13.2 Å². The van der Waals surface area contributed by atoms with Crippen molar-refractivity contribution >= 4 is 21.6 Å². The molecule has 0 unspecified atom stereocenters. The number of hydrogen-bond acceptors (Lipinski definition) is 3. The summed E-state index contributed by atoms with van der Waals surface area (Å²) in [5.41, 5.74) is 1.46. The van der Waals surface area contributed by atoms with Crippen LogP contribution in [0.2, 0.25) is 0 Å². The molecule has 6 heteroatoms. The summed E-state index contributed by atoms with van der Waals surface area (Å²) in [5.74, 6) is -0.0672. The second kappa shape index (κ2) is 7.93. The minimum Gasteiger partial charge on any atom is -0.326 e. The van der Waals surface area contributed by atoms with Crippen LogP contribution in [-0.4, -0.2) is 31.7 Å². The van der Waals surface area contributed by atoms with E-state index in [1.807, 2.05) is 13.8 Å². The standard InChI is InChI=1S/C17H26N2O3S/c1-3-4-8-17(20)18-16-13-15(10-9-14(16)2)23(21,22)19-11-6-5-7-12-19/h9-10,13H,3-8,11-12H2,1-2H3,(H,18,20). The molecule has 0 bridgehead atoms. The van der Waals surface area contributed by atoms with Gasteiger partial charge in [-0.2, -0.15) is 4.31 Å². The molecule has 0 aromatic heterocycles. The van der Waals surface area contributed by atoms with Crippen molar-refractivity contribution in [2.24, 2.45) is 0 Å². The van der Waals surface area contributed by atoms with Gasteiger partial charge < -0.3 is 5.32 Å². The molecule has 128 valence electrons. The molecule has 2 rings (SSSR count). The zero-order chi connectivity index (χ0) is 16.9. The molecule has 1 heterocycles. The fraction of sp³-hybridized carbons (Fsp3) is 0.588. The minimum atomic E-state index is -3.47. The molecule has 0 spiro atoms. The third-order valence-corrected chi connectivity index (χ3v) is 6.09. The Hall–Kier alpha value is -1.40. The summed E-state index contributed by atoms with van der Waals surface area (Å²) in [4.78, 5) is 12.2. The molecule has 0 saturated carbocycles. The third-order valence-electron chi connectivity index (χ3n) is 4.19. The van der Waals surface area contributed by atoms with Crippen LogP contribution in [0.5, 0.6) is 0 Å². The number of benzene rings is 1. The lowest BCUT2D eigenvalue weighted by molar-refractivity contribution is -0.116. The van der Waals surface area contributed by atoms with Crippen LogP contribution in [0.15, 0.2) is 23.1 Å². The summed E-state index contributed by atoms with van der Waals surface area (Å²) in [6.45, 7) is 5.06. The Morgan fingerprint density at radius 1 is 1.22 bits per heavy atom. The highest BCUT2D eigenvalue weighted by Gasteiger charge is 2.26. The predicted octanol–water partition coefficient (Wildman–Crippen LogP) is 3.30. The van der Waals surface area contributed by atoms with Crippen molar-refractivity contribution in [1.29, 1.82) is 0 Å². The number of carbonyl (C=O) groups excluding carboxylic acids is 1. The average Bonchev–Trinajstić information content (AvgIpc) is 2.55. The number of anilines is 1. The normalized spacial score (nSPS) is 16.3. The van der Waals surface area contributed by atoms with Gasteiger partial charge in [-0.25, -0.2) is 8.42 Å². The Labute approximate surface area is 139 Å². The molecule has 1 aromatic rings. The van der Waals surface area contributed by atoms with Crippen molar-refractivity contribution in [1.82, 2.24) is 4.31 Å². The molecule has 5 nitrogen and oxygen atoms in total. The Bertz CT molecular complexity index is 650. The number of carbonyl (C=O) groups is 1. The summed E-state index contributed by atoms with van der Waals surface area (Å²) < 4.78 is 27.0. The molecule has 1 fully saturated rings. The van der Waals surface area contributed by atoms with Gasteiger partial charge in [0.25, 0.3) is 0 Å². The molecular formula is C17H26N2O3S. The van der Waals surface area contributed by atoms with E-state index in [9.17, 15) is 13.2 Å². The molecule has 1 saturated heterocycles. The van der Waals surface area contributed by atoms with Crippen molar-refractivity contribution in [3.63, 3.8) is 0 Å². The number of rotatable bonds is 6. The second-order valence-corrected chi connectivity index (χ2v) is 8.03. The van der Waals surface area contributed by atoms with Crippen LogP contribution in [0.1, 0.15) is 51.0 Å². The number of amides is 1. The zero-order valence-electron chi connectivity index (χ0n) is 14.0. The summed E-state index contributed by atoms with van der Waals surface area (Å²) in [5, 5.41) is 2.84. The summed E-state index contributed by atoms with van der Waals surface area (Å²) in [7, 11) is -3.47. The first-order chi connectivity index (χ1) is 10.9. The van der Waals surface area contributed by atoms with Gasteiger partial charge in [0.1, 0.15) is 0 Å². The summed E-state index contributed by atoms with van der Waals surface area (Å²) >= 11 is 0. The SMILES string of the molecule is CCCCC(=O)Nc1cc(S(=O)(=O)N2CCCCC2)ccc1C. The lowest BCUT2D eigenvalue weighted by Gasteiger charge is -2.26. The maximum atomic E-state index is 12.7. The topological polar surface area (TPSA) is 66.5 Å². The van der Waals surface area contributed by atoms with Crippen LogP contribution in [0, 0.1) is 6.92 Å². The van der Waals surface area contributed by atoms with E-state index in [-0.39, 0.29) is 10.8 Å². The molecule has 1 aliphatic heterocycles. The number of nitrogens with zero attached hydrogens (tertiary/aromatic N) is 1. The first-order valence-electron chi connectivity index (χ1n) is 8.36. The van der Waals surface area contributed by atoms with Crippen molar-refractivity contribution in [3.8, 4) is 0 Å². The van der Waals surface area contributed by atoms with Gasteiger partial charge in [-0.05, 0) is 43.9 Å². The largest absolute Gasteiger partial charge is 0.326 e. The molecule has 0 aliphatic carbocycles. The van der Waals surface area contributed by atoms with Crippen molar-refractivity contribution in [2.75, 3.05) is 18.4 Å². The molecule has 1 N–H and O–H groups in total. The highest BCUT2D eigenvalue weighted by molar-refractivity contribution is 7.89. The fourth-order valence-corrected chi connectivity index (χ4v) is 4.24. The lowest BCUT2D eigenvalue weighted by Crippen LogP contribution is -2.35. The zero-order valence-corrected chi connectivity index (χ0v) is 14.8. The van der Waals surface area contributed by atoms with Crippen molar-refractivity contribution in [3.05, 3.63) is 23.8 Å². The summed E-state index contributed by atoms with van der Waals surface area (Å²) in [6.07, 6.45) is 5.14. The van der Waals surface area contributed by atoms with E-state index in [0.717, 1.165) is 37.7 Å². The van der Waals surface area contributed by atoms with E-state index in [2.05, 4.69) is 5.32 Å². The van der Waals surface area contributed by atoms with E-state index >= 15 is 0 Å². The Morgan fingerprint density at radius 2 is 1.91 bits per heavy atom. The molecule has 1 aromatic carbocycles. The van der Waals surface area contributed by atoms with Gasteiger partial charge in [-0.1, -0.05) is 25.8 Å². The average molecular weight is 338 g/mol. The number of sulfonamides is 1. The van der Waals surface area contributed by atoms with Crippen LogP contribution >= 0.6 is 0 Å². The number of piperidine rings is 1. The highest BCUT2D eigenvalue weighted by atomic mass is 32.2. The molecular weight excluding hydrogens is 312 g/mol. The fourth-order valence-electron chi connectivity index (χ4n) is 2.70. The van der Waals surface area contributed by atoms with E-state index in [1.165, 1.54) is 0 Å². The lowest BCUT2D eigenvalue weighted by atomic mass is 10.2. The first-order valence-corrected chi connectivity index (χ1v) is 9.80. The third kappa shape index (κ3) is 4.54. The molecule has 1 aliphatic rings. The maximum Gasteiger partial charge on any atom is 0.243 e. The van der Waals surface area contributed by atoms with E-state index in [4.69, 9.17) is 0 Å². The van der Waals surface area contributed by atoms with E-state index in [1.54, 1.807) is 22.5 Å². The predicted molar refractivity (Wildman–Crippen MR) is 91.9 cm³/mol. The van der Waals surface area contributed by atoms with Gasteiger partial charge in [-0.15, -0.1) is 0 Å².